The number of halogens is 2. The Morgan fingerprint density at radius 2 is 1.84 bits per heavy atom. The van der Waals surface area contributed by atoms with Gasteiger partial charge in [0.25, 0.3) is 5.91 Å². The molecule has 0 aliphatic carbocycles. The first kappa shape index (κ1) is 31.2. The van der Waals surface area contributed by atoms with Gasteiger partial charge in [-0.1, -0.05) is 0 Å². The van der Waals surface area contributed by atoms with E-state index in [0.29, 0.717) is 22.7 Å². The minimum atomic E-state index is -2.89. The fourth-order valence-electron chi connectivity index (χ4n) is 4.47. The number of alkyl halides is 2. The van der Waals surface area contributed by atoms with Gasteiger partial charge in [0.05, 0.1) is 25.1 Å². The van der Waals surface area contributed by atoms with Crippen LogP contribution in [0.3, 0.4) is 0 Å². The first-order chi connectivity index (χ1) is 20.4. The molecule has 0 aliphatic rings. The Bertz CT molecular complexity index is 1570. The van der Waals surface area contributed by atoms with Crippen molar-refractivity contribution in [3.05, 3.63) is 72.2 Å². The number of carboxylic acid groups (broad SMARTS) is 1. The third-order valence-corrected chi connectivity index (χ3v) is 6.57. The van der Waals surface area contributed by atoms with E-state index >= 15 is 0 Å². The van der Waals surface area contributed by atoms with Crippen molar-refractivity contribution in [2.24, 2.45) is 0 Å². The normalized spacial score (nSPS) is 11.5. The Labute approximate surface area is 247 Å². The summed E-state index contributed by atoms with van der Waals surface area (Å²) in [4.78, 5) is 34.4. The van der Waals surface area contributed by atoms with E-state index in [0.717, 1.165) is 16.8 Å². The summed E-state index contributed by atoms with van der Waals surface area (Å²) >= 11 is 0. The second kappa shape index (κ2) is 13.5. The summed E-state index contributed by atoms with van der Waals surface area (Å²) in [5, 5.41) is 15.4. The predicted octanol–water partition coefficient (Wildman–Crippen LogP) is 5.57. The first-order valence-electron chi connectivity index (χ1n) is 13.6. The monoisotopic (exact) mass is 596 g/mol. The second-order valence-corrected chi connectivity index (χ2v) is 10.6. The van der Waals surface area contributed by atoms with Crippen molar-refractivity contribution >= 4 is 29.2 Å². The van der Waals surface area contributed by atoms with Crippen molar-refractivity contribution in [2.75, 3.05) is 31.6 Å². The van der Waals surface area contributed by atoms with E-state index in [1.54, 1.807) is 42.9 Å². The fraction of sp³-hybridized carbons (Fsp3) is 0.333. The third-order valence-electron chi connectivity index (χ3n) is 6.57. The van der Waals surface area contributed by atoms with Gasteiger partial charge in [-0.25, -0.2) is 14.8 Å². The van der Waals surface area contributed by atoms with Crippen LogP contribution in [0.15, 0.2) is 61.1 Å². The molecule has 13 heteroatoms. The van der Waals surface area contributed by atoms with Crippen LogP contribution in [0.1, 0.15) is 36.7 Å². The predicted molar refractivity (Wildman–Crippen MR) is 157 cm³/mol. The molecular formula is C30H34F2N6O5. The highest BCUT2D eigenvalue weighted by molar-refractivity contribution is 5.96. The molecule has 0 bridgehead atoms. The lowest BCUT2D eigenvalue weighted by atomic mass is 10.1. The van der Waals surface area contributed by atoms with Gasteiger partial charge < -0.3 is 30.1 Å². The van der Waals surface area contributed by atoms with Crippen molar-refractivity contribution < 1.29 is 33.0 Å². The van der Waals surface area contributed by atoms with Crippen LogP contribution in [-0.2, 0) is 4.74 Å². The van der Waals surface area contributed by atoms with Crippen molar-refractivity contribution in [3.8, 4) is 17.0 Å². The highest BCUT2D eigenvalue weighted by Gasteiger charge is 2.25. The molecule has 2 amide bonds. The summed E-state index contributed by atoms with van der Waals surface area (Å²) < 4.78 is 36.7. The van der Waals surface area contributed by atoms with E-state index in [2.05, 4.69) is 25.3 Å². The van der Waals surface area contributed by atoms with Gasteiger partial charge in [-0.3, -0.25) is 9.20 Å². The number of nitrogens with zero attached hydrogens (tertiary/aromatic N) is 4. The lowest BCUT2D eigenvalue weighted by Gasteiger charge is -2.32. The van der Waals surface area contributed by atoms with E-state index in [1.165, 1.54) is 17.0 Å². The van der Waals surface area contributed by atoms with E-state index in [1.807, 2.05) is 38.2 Å². The molecule has 0 aliphatic heterocycles. The van der Waals surface area contributed by atoms with Crippen molar-refractivity contribution in [1.82, 2.24) is 24.6 Å². The zero-order valence-electron chi connectivity index (χ0n) is 24.3. The number of hydrogen-bond acceptors (Lipinski definition) is 7. The zero-order chi connectivity index (χ0) is 31.1. The highest BCUT2D eigenvalue weighted by Crippen LogP contribution is 2.27. The van der Waals surface area contributed by atoms with Crippen LogP contribution in [0.5, 0.6) is 5.75 Å². The fourth-order valence-corrected chi connectivity index (χ4v) is 4.47. The van der Waals surface area contributed by atoms with Gasteiger partial charge in [0.15, 0.2) is 11.5 Å². The molecule has 4 aromatic rings. The zero-order valence-corrected chi connectivity index (χ0v) is 24.3. The molecule has 2 aromatic heterocycles. The third kappa shape index (κ3) is 7.95. The number of aromatic nitrogens is 3. The summed E-state index contributed by atoms with van der Waals surface area (Å²) in [5.74, 6) is 0.309. The number of hydrogen-bond donors (Lipinski definition) is 3. The minimum Gasteiger partial charge on any atom is -0.465 e. The molecule has 11 nitrogen and oxygen atoms in total. The lowest BCUT2D eigenvalue weighted by Crippen LogP contribution is -2.46. The summed E-state index contributed by atoms with van der Waals surface area (Å²) in [6.45, 7) is 5.36. The number of fused-ring (bicyclic) bond motifs is 1. The van der Waals surface area contributed by atoms with Crippen LogP contribution in [-0.4, -0.2) is 74.8 Å². The van der Waals surface area contributed by atoms with Crippen molar-refractivity contribution in [1.29, 1.82) is 0 Å². The topological polar surface area (TPSA) is 130 Å². The summed E-state index contributed by atoms with van der Waals surface area (Å²) in [6, 6.07) is 11.6. The van der Waals surface area contributed by atoms with Crippen LogP contribution >= 0.6 is 0 Å². The van der Waals surface area contributed by atoms with Gasteiger partial charge in [0.1, 0.15) is 5.75 Å². The molecule has 0 radical (unpaired) electrons. The number of aryl methyl sites for hydroxylation is 1. The smallest absolute Gasteiger partial charge is 0.407 e. The standard InChI is InChI=1S/C30H34F2N6O5/c1-19-17-21(7-10-23(19)27(39)34-12-15-42-16-14-38(29(40)41)30(2,3)4)36-25-26-35-18-24(37(26)13-11-33-25)20-5-8-22(9-6-20)43-28(31)32/h5-11,13,17-18,28H,12,14-16H2,1-4H3,(H,33,36)(H,34,39)(H,40,41). The van der Waals surface area contributed by atoms with Gasteiger partial charge >= 0.3 is 12.7 Å². The van der Waals surface area contributed by atoms with Gasteiger partial charge in [0, 0.05) is 47.8 Å². The Kier molecular flexibility index (Phi) is 9.76. The Morgan fingerprint density at radius 1 is 1.09 bits per heavy atom. The summed E-state index contributed by atoms with van der Waals surface area (Å²) in [5.41, 5.74) is 3.48. The summed E-state index contributed by atoms with van der Waals surface area (Å²) in [7, 11) is 0. The molecule has 2 aromatic carbocycles. The molecule has 4 rings (SSSR count). The largest absolute Gasteiger partial charge is 0.465 e. The molecule has 228 valence electrons. The number of nitrogens with one attached hydrogen (secondary N) is 2. The van der Waals surface area contributed by atoms with Crippen LogP contribution in [0.4, 0.5) is 25.1 Å². The van der Waals surface area contributed by atoms with Gasteiger partial charge in [0.2, 0.25) is 0 Å². The average molecular weight is 597 g/mol. The van der Waals surface area contributed by atoms with E-state index in [4.69, 9.17) is 4.74 Å². The van der Waals surface area contributed by atoms with Crippen molar-refractivity contribution in [2.45, 2.75) is 39.8 Å². The summed E-state index contributed by atoms with van der Waals surface area (Å²) in [6.07, 6.45) is 4.03. The molecule has 43 heavy (non-hydrogen) atoms. The van der Waals surface area contributed by atoms with Crippen LogP contribution < -0.4 is 15.4 Å². The number of rotatable bonds is 12. The van der Waals surface area contributed by atoms with E-state index in [9.17, 15) is 23.5 Å². The Morgan fingerprint density at radius 3 is 2.49 bits per heavy atom. The number of imidazole rings is 1. The first-order valence-corrected chi connectivity index (χ1v) is 13.6. The van der Waals surface area contributed by atoms with E-state index in [-0.39, 0.29) is 38.0 Å². The van der Waals surface area contributed by atoms with Gasteiger partial charge in [-0.05, 0) is 75.7 Å². The van der Waals surface area contributed by atoms with E-state index < -0.39 is 18.2 Å². The average Bonchev–Trinajstić information content (AvgIpc) is 3.37. The highest BCUT2D eigenvalue weighted by atomic mass is 19.3. The number of ether oxygens (including phenoxy) is 2. The molecule has 3 N–H and O–H groups in total. The maximum Gasteiger partial charge on any atom is 0.407 e. The van der Waals surface area contributed by atoms with Crippen LogP contribution in [0, 0.1) is 6.92 Å². The molecule has 0 saturated carbocycles. The second-order valence-electron chi connectivity index (χ2n) is 10.6. The molecule has 0 fully saturated rings. The number of amides is 2. The minimum absolute atomic E-state index is 0.0677. The molecule has 2 heterocycles. The maximum atomic E-state index is 12.7. The van der Waals surface area contributed by atoms with Gasteiger partial charge in [-0.2, -0.15) is 8.78 Å². The number of carbonyl (C=O) groups is 2. The molecule has 0 saturated heterocycles. The SMILES string of the molecule is Cc1cc(Nc2nccn3c(-c4ccc(OC(F)F)cc4)cnc23)ccc1C(=O)NCCOCCN(C(=O)O)C(C)(C)C. The molecule has 0 atom stereocenters. The molecular weight excluding hydrogens is 562 g/mol. The maximum absolute atomic E-state index is 12.7. The Hall–Kier alpha value is -4.78. The number of anilines is 2. The quantitative estimate of drug-likeness (QED) is 0.181. The van der Waals surface area contributed by atoms with Crippen molar-refractivity contribution in [3.63, 3.8) is 0 Å². The Balaban J connectivity index is 1.34. The number of carbonyl (C=O) groups excluding carboxylic acids is 1. The van der Waals surface area contributed by atoms with Crippen LogP contribution in [0.25, 0.3) is 16.9 Å². The lowest BCUT2D eigenvalue weighted by molar-refractivity contribution is -0.0498. The number of benzene rings is 2. The van der Waals surface area contributed by atoms with Crippen LogP contribution in [0.2, 0.25) is 0 Å². The van der Waals surface area contributed by atoms with Gasteiger partial charge in [-0.15, -0.1) is 0 Å². The molecule has 0 unspecified atom stereocenters. The molecule has 0 spiro atoms.